The first kappa shape index (κ1) is 8.55. The average molecular weight is 167 g/mol. The number of nitrogens with zero attached hydrogens (tertiary/aromatic N) is 1. The van der Waals surface area contributed by atoms with Gasteiger partial charge < -0.3 is 0 Å². The van der Waals surface area contributed by atoms with E-state index in [4.69, 9.17) is 0 Å². The lowest BCUT2D eigenvalue weighted by molar-refractivity contribution is 0.0890. The number of rotatable bonds is 1. The molecule has 2 rings (SSSR count). The zero-order chi connectivity index (χ0) is 8.88. The van der Waals surface area contributed by atoms with Gasteiger partial charge in [-0.1, -0.05) is 6.92 Å². The van der Waals surface area contributed by atoms with Crippen molar-refractivity contribution in [1.82, 2.24) is 4.90 Å². The second-order valence-electron chi connectivity index (χ2n) is 5.05. The third kappa shape index (κ3) is 1.02. The van der Waals surface area contributed by atoms with Crippen LogP contribution in [0.3, 0.4) is 0 Å². The predicted molar refractivity (Wildman–Crippen MR) is 52.1 cm³/mol. The van der Waals surface area contributed by atoms with Crippen molar-refractivity contribution >= 4 is 0 Å². The molecule has 0 N–H and O–H groups in total. The van der Waals surface area contributed by atoms with Gasteiger partial charge in [0, 0.05) is 18.1 Å². The zero-order valence-corrected chi connectivity index (χ0v) is 8.75. The van der Waals surface area contributed by atoms with Gasteiger partial charge >= 0.3 is 0 Å². The summed E-state index contributed by atoms with van der Waals surface area (Å²) in [7, 11) is 0. The van der Waals surface area contributed by atoms with Crippen LogP contribution in [0.25, 0.3) is 0 Å². The summed E-state index contributed by atoms with van der Waals surface area (Å²) >= 11 is 0. The van der Waals surface area contributed by atoms with Gasteiger partial charge in [-0.2, -0.15) is 0 Å². The van der Waals surface area contributed by atoms with Crippen LogP contribution < -0.4 is 0 Å². The Bertz CT molecular complexity index is 174. The minimum Gasteiger partial charge on any atom is -0.295 e. The van der Waals surface area contributed by atoms with Crippen LogP contribution in [0.5, 0.6) is 0 Å². The summed E-state index contributed by atoms with van der Waals surface area (Å²) in [4.78, 5) is 2.73. The predicted octanol–water partition coefficient (Wildman–Crippen LogP) is 2.51. The van der Waals surface area contributed by atoms with E-state index in [1.54, 1.807) is 0 Å². The van der Waals surface area contributed by atoms with Crippen molar-refractivity contribution in [2.75, 3.05) is 0 Å². The van der Waals surface area contributed by atoms with Crippen molar-refractivity contribution in [1.29, 1.82) is 0 Å². The van der Waals surface area contributed by atoms with E-state index in [-0.39, 0.29) is 0 Å². The van der Waals surface area contributed by atoms with Crippen molar-refractivity contribution in [3.63, 3.8) is 0 Å². The summed E-state index contributed by atoms with van der Waals surface area (Å²) in [6.07, 6.45) is 2.92. The minimum atomic E-state index is 0.752. The lowest BCUT2D eigenvalue weighted by Crippen LogP contribution is -2.45. The highest BCUT2D eigenvalue weighted by Crippen LogP contribution is 2.46. The Balaban J connectivity index is 2.13. The van der Waals surface area contributed by atoms with Crippen LogP contribution in [0.15, 0.2) is 0 Å². The molecule has 0 amide bonds. The maximum absolute atomic E-state index is 2.73. The fourth-order valence-corrected chi connectivity index (χ4v) is 3.61. The second-order valence-corrected chi connectivity index (χ2v) is 5.05. The van der Waals surface area contributed by atoms with E-state index >= 15 is 0 Å². The number of piperidine rings is 1. The van der Waals surface area contributed by atoms with Crippen molar-refractivity contribution in [2.45, 2.75) is 58.7 Å². The smallest absolute Gasteiger partial charge is 0.0107 e. The van der Waals surface area contributed by atoms with Crippen molar-refractivity contribution in [3.05, 3.63) is 0 Å². The summed E-state index contributed by atoms with van der Waals surface area (Å²) in [5.74, 6) is 1.98. The largest absolute Gasteiger partial charge is 0.295 e. The number of hydrogen-bond donors (Lipinski definition) is 0. The molecule has 70 valence electrons. The zero-order valence-electron chi connectivity index (χ0n) is 8.75. The Hall–Kier alpha value is -0.0400. The van der Waals surface area contributed by atoms with E-state index in [1.807, 2.05) is 0 Å². The van der Waals surface area contributed by atoms with Crippen molar-refractivity contribution in [2.24, 2.45) is 11.8 Å². The lowest BCUT2D eigenvalue weighted by Gasteiger charge is -2.38. The van der Waals surface area contributed by atoms with E-state index in [0.29, 0.717) is 0 Å². The molecular formula is C11H21N. The summed E-state index contributed by atoms with van der Waals surface area (Å²) in [5.41, 5.74) is 0. The number of fused-ring (bicyclic) bond motifs is 2. The molecule has 12 heavy (non-hydrogen) atoms. The third-order valence-electron chi connectivity index (χ3n) is 4.03. The molecule has 2 bridgehead atoms. The maximum atomic E-state index is 2.73. The van der Waals surface area contributed by atoms with Crippen LogP contribution in [0.4, 0.5) is 0 Å². The highest BCUT2D eigenvalue weighted by molar-refractivity contribution is 5.01. The number of hydrogen-bond acceptors (Lipinski definition) is 1. The first-order chi connectivity index (χ1) is 5.61. The molecule has 1 saturated heterocycles. The summed E-state index contributed by atoms with van der Waals surface area (Å²) in [6, 6.07) is 2.52. The molecule has 2 aliphatic rings. The molecule has 1 heterocycles. The summed E-state index contributed by atoms with van der Waals surface area (Å²) in [5, 5.41) is 0. The first-order valence-corrected chi connectivity index (χ1v) is 5.38. The first-order valence-electron chi connectivity index (χ1n) is 5.38. The third-order valence-corrected chi connectivity index (χ3v) is 4.03. The Morgan fingerprint density at radius 3 is 2.25 bits per heavy atom. The van der Waals surface area contributed by atoms with E-state index in [9.17, 15) is 0 Å². The number of likely N-dealkylation sites (tertiary alicyclic amines) is 1. The molecular weight excluding hydrogens is 146 g/mol. The molecule has 1 aliphatic carbocycles. The molecule has 1 aliphatic heterocycles. The van der Waals surface area contributed by atoms with Gasteiger partial charge in [-0.15, -0.1) is 0 Å². The second kappa shape index (κ2) is 2.73. The molecule has 4 atom stereocenters. The van der Waals surface area contributed by atoms with Crippen LogP contribution in [-0.4, -0.2) is 23.0 Å². The van der Waals surface area contributed by atoms with Gasteiger partial charge in [0.15, 0.2) is 0 Å². The Labute approximate surface area is 76.1 Å². The molecule has 1 heteroatoms. The topological polar surface area (TPSA) is 3.24 Å². The van der Waals surface area contributed by atoms with Crippen molar-refractivity contribution in [3.8, 4) is 0 Å². The van der Waals surface area contributed by atoms with Crippen LogP contribution in [0.2, 0.25) is 0 Å². The molecule has 2 fully saturated rings. The SMILES string of the molecule is CC1CC2CC1C(C)N2C(C)C. The lowest BCUT2D eigenvalue weighted by atomic mass is 9.90. The monoisotopic (exact) mass is 167 g/mol. The highest BCUT2D eigenvalue weighted by atomic mass is 15.2. The molecule has 0 aromatic rings. The molecule has 0 radical (unpaired) electrons. The van der Waals surface area contributed by atoms with E-state index < -0.39 is 0 Å². The van der Waals surface area contributed by atoms with Gasteiger partial charge in [0.2, 0.25) is 0 Å². The van der Waals surface area contributed by atoms with Crippen LogP contribution in [0, 0.1) is 11.8 Å². The van der Waals surface area contributed by atoms with E-state index in [0.717, 1.165) is 30.0 Å². The molecule has 4 unspecified atom stereocenters. The van der Waals surface area contributed by atoms with Gasteiger partial charge in [-0.05, 0) is 45.4 Å². The molecule has 0 aromatic carbocycles. The minimum absolute atomic E-state index is 0.752. The highest BCUT2D eigenvalue weighted by Gasteiger charge is 2.47. The normalized spacial score (nSPS) is 47.8. The van der Waals surface area contributed by atoms with Gasteiger partial charge in [0.05, 0.1) is 0 Å². The quantitative estimate of drug-likeness (QED) is 0.580. The summed E-state index contributed by atoms with van der Waals surface area (Å²) < 4.78 is 0. The maximum Gasteiger partial charge on any atom is 0.0107 e. The Morgan fingerprint density at radius 1 is 1.17 bits per heavy atom. The van der Waals surface area contributed by atoms with E-state index in [1.165, 1.54) is 12.8 Å². The molecule has 1 nitrogen and oxygen atoms in total. The Morgan fingerprint density at radius 2 is 1.83 bits per heavy atom. The van der Waals surface area contributed by atoms with Crippen molar-refractivity contribution < 1.29 is 0 Å². The molecule has 0 spiro atoms. The standard InChI is InChI=1S/C11H21N/c1-7(2)12-9(4)11-6-10(12)5-8(11)3/h7-11H,5-6H2,1-4H3. The van der Waals surface area contributed by atoms with Crippen LogP contribution in [0.1, 0.15) is 40.5 Å². The van der Waals surface area contributed by atoms with Gasteiger partial charge in [-0.25, -0.2) is 0 Å². The van der Waals surface area contributed by atoms with E-state index in [2.05, 4.69) is 32.6 Å². The van der Waals surface area contributed by atoms with Gasteiger partial charge in [0.25, 0.3) is 0 Å². The summed E-state index contributed by atoms with van der Waals surface area (Å²) in [6.45, 7) is 9.52. The average Bonchev–Trinajstić information content (AvgIpc) is 2.42. The fraction of sp³-hybridized carbons (Fsp3) is 1.00. The molecule has 1 saturated carbocycles. The van der Waals surface area contributed by atoms with Gasteiger partial charge in [0.1, 0.15) is 0 Å². The molecule has 0 aromatic heterocycles. The van der Waals surface area contributed by atoms with Crippen LogP contribution >= 0.6 is 0 Å². The fourth-order valence-electron chi connectivity index (χ4n) is 3.61. The Kier molecular flexibility index (Phi) is 1.95. The van der Waals surface area contributed by atoms with Gasteiger partial charge in [-0.3, -0.25) is 4.90 Å². The van der Waals surface area contributed by atoms with Crippen LogP contribution in [-0.2, 0) is 0 Å².